The zero-order valence-electron chi connectivity index (χ0n) is 18.9. The van der Waals surface area contributed by atoms with E-state index in [1.54, 1.807) is 0 Å². The van der Waals surface area contributed by atoms with Crippen LogP contribution in [-0.2, 0) is 9.59 Å². The van der Waals surface area contributed by atoms with E-state index < -0.39 is 11.6 Å². The van der Waals surface area contributed by atoms with Crippen molar-refractivity contribution < 1.29 is 14.4 Å². The van der Waals surface area contributed by atoms with Gasteiger partial charge in [0.15, 0.2) is 0 Å². The van der Waals surface area contributed by atoms with Gasteiger partial charge in [-0.2, -0.15) is 0 Å². The third-order valence-corrected chi connectivity index (χ3v) is 7.23. The first-order chi connectivity index (χ1) is 14.7. The number of carbonyl (C=O) groups is 3. The maximum atomic E-state index is 13.1. The van der Waals surface area contributed by atoms with Crippen LogP contribution < -0.4 is 15.5 Å². The average Bonchev–Trinajstić information content (AvgIpc) is 3.32. The smallest absolute Gasteiger partial charge is 0.325 e. The molecule has 168 valence electrons. The SMILES string of the molecule is CC(C)(C)C1CCC2(CC1)NC(=O)N(CC(=O)Nc1ccc(N3CCCC3)cc1)C2=O. The summed E-state index contributed by atoms with van der Waals surface area (Å²) in [6.45, 7) is 8.53. The van der Waals surface area contributed by atoms with Crippen LogP contribution in [0.3, 0.4) is 0 Å². The number of imide groups is 1. The van der Waals surface area contributed by atoms with Gasteiger partial charge in [-0.25, -0.2) is 4.79 Å². The van der Waals surface area contributed by atoms with Crippen LogP contribution in [0.5, 0.6) is 0 Å². The molecule has 0 aromatic heterocycles. The lowest BCUT2D eigenvalue weighted by Crippen LogP contribution is -2.50. The molecule has 0 bridgehead atoms. The van der Waals surface area contributed by atoms with Crippen molar-refractivity contribution in [2.75, 3.05) is 29.9 Å². The van der Waals surface area contributed by atoms with Gasteiger partial charge in [0.2, 0.25) is 5.91 Å². The number of hydrogen-bond donors (Lipinski definition) is 2. The Balaban J connectivity index is 1.34. The number of benzene rings is 1. The minimum absolute atomic E-state index is 0.192. The standard InChI is InChI=1S/C24H34N4O3/c1-23(2,3)17-10-12-24(13-11-17)21(30)28(22(31)26-24)16-20(29)25-18-6-8-19(9-7-18)27-14-4-5-15-27/h6-9,17H,4-5,10-16H2,1-3H3,(H,25,29)(H,26,31). The number of nitrogens with zero attached hydrogens (tertiary/aromatic N) is 2. The fraction of sp³-hybridized carbons (Fsp3) is 0.625. The van der Waals surface area contributed by atoms with Gasteiger partial charge in [-0.05, 0) is 74.1 Å². The van der Waals surface area contributed by atoms with Crippen molar-refractivity contribution in [3.05, 3.63) is 24.3 Å². The van der Waals surface area contributed by atoms with E-state index in [9.17, 15) is 14.4 Å². The van der Waals surface area contributed by atoms with Gasteiger partial charge in [0.1, 0.15) is 12.1 Å². The van der Waals surface area contributed by atoms with E-state index in [1.165, 1.54) is 12.8 Å². The summed E-state index contributed by atoms with van der Waals surface area (Å²) in [7, 11) is 0. The minimum Gasteiger partial charge on any atom is -0.372 e. The van der Waals surface area contributed by atoms with Crippen LogP contribution in [0.1, 0.15) is 59.3 Å². The molecule has 31 heavy (non-hydrogen) atoms. The summed E-state index contributed by atoms with van der Waals surface area (Å²) in [5.41, 5.74) is 1.17. The van der Waals surface area contributed by atoms with Crippen molar-refractivity contribution >= 4 is 29.2 Å². The Morgan fingerprint density at radius 3 is 2.29 bits per heavy atom. The van der Waals surface area contributed by atoms with E-state index in [0.29, 0.717) is 24.4 Å². The number of nitrogens with one attached hydrogen (secondary N) is 2. The Labute approximate surface area is 184 Å². The van der Waals surface area contributed by atoms with Gasteiger partial charge >= 0.3 is 6.03 Å². The molecule has 2 heterocycles. The van der Waals surface area contributed by atoms with E-state index in [0.717, 1.165) is 36.5 Å². The quantitative estimate of drug-likeness (QED) is 0.719. The van der Waals surface area contributed by atoms with Crippen LogP contribution >= 0.6 is 0 Å². The predicted molar refractivity (Wildman–Crippen MR) is 121 cm³/mol. The van der Waals surface area contributed by atoms with Crippen LogP contribution in [0.15, 0.2) is 24.3 Å². The van der Waals surface area contributed by atoms with Gasteiger partial charge in [0, 0.05) is 24.5 Å². The highest BCUT2D eigenvalue weighted by atomic mass is 16.2. The van der Waals surface area contributed by atoms with Gasteiger partial charge in [-0.1, -0.05) is 20.8 Å². The first-order valence-corrected chi connectivity index (χ1v) is 11.5. The second kappa shape index (κ2) is 8.17. The molecule has 3 fully saturated rings. The predicted octanol–water partition coefficient (Wildman–Crippen LogP) is 3.75. The normalized spacial score (nSPS) is 26.5. The second-order valence-corrected chi connectivity index (χ2v) is 10.3. The summed E-state index contributed by atoms with van der Waals surface area (Å²) >= 11 is 0. The molecular formula is C24H34N4O3. The van der Waals surface area contributed by atoms with E-state index in [1.807, 2.05) is 24.3 Å². The summed E-state index contributed by atoms with van der Waals surface area (Å²) in [5.74, 6) is -0.0917. The molecule has 0 unspecified atom stereocenters. The Bertz CT molecular complexity index is 845. The van der Waals surface area contributed by atoms with E-state index in [-0.39, 0.29) is 23.8 Å². The molecule has 4 amide bonds. The Kier molecular flexibility index (Phi) is 5.71. The zero-order chi connectivity index (χ0) is 22.2. The van der Waals surface area contributed by atoms with Crippen molar-refractivity contribution in [2.24, 2.45) is 11.3 Å². The Morgan fingerprint density at radius 1 is 1.10 bits per heavy atom. The Morgan fingerprint density at radius 2 is 1.71 bits per heavy atom. The summed E-state index contributed by atoms with van der Waals surface area (Å²) in [4.78, 5) is 41.6. The molecule has 1 aliphatic carbocycles. The molecule has 0 atom stereocenters. The molecule has 1 saturated carbocycles. The zero-order valence-corrected chi connectivity index (χ0v) is 18.9. The summed E-state index contributed by atoms with van der Waals surface area (Å²) in [5, 5.41) is 5.72. The molecule has 0 radical (unpaired) electrons. The monoisotopic (exact) mass is 426 g/mol. The van der Waals surface area contributed by atoms with Crippen LogP contribution in [0.2, 0.25) is 0 Å². The molecule has 2 aliphatic heterocycles. The van der Waals surface area contributed by atoms with Gasteiger partial charge in [0.25, 0.3) is 5.91 Å². The summed E-state index contributed by atoms with van der Waals surface area (Å²) in [6, 6.07) is 7.27. The second-order valence-electron chi connectivity index (χ2n) is 10.3. The number of rotatable bonds is 4. The van der Waals surface area contributed by atoms with Gasteiger partial charge in [-0.3, -0.25) is 14.5 Å². The first-order valence-electron chi connectivity index (χ1n) is 11.5. The van der Waals surface area contributed by atoms with Gasteiger partial charge < -0.3 is 15.5 Å². The average molecular weight is 427 g/mol. The third-order valence-electron chi connectivity index (χ3n) is 7.23. The van der Waals surface area contributed by atoms with Crippen LogP contribution in [-0.4, -0.2) is 47.9 Å². The molecule has 7 nitrogen and oxygen atoms in total. The maximum absolute atomic E-state index is 13.1. The number of anilines is 2. The molecule has 1 aromatic carbocycles. The molecule has 7 heteroatoms. The van der Waals surface area contributed by atoms with Gasteiger partial charge in [0.05, 0.1) is 0 Å². The first kappa shape index (κ1) is 21.7. The lowest BCUT2D eigenvalue weighted by molar-refractivity contribution is -0.135. The van der Waals surface area contributed by atoms with Crippen LogP contribution in [0.4, 0.5) is 16.2 Å². The molecule has 2 saturated heterocycles. The largest absolute Gasteiger partial charge is 0.372 e. The highest BCUT2D eigenvalue weighted by Crippen LogP contribution is 2.43. The van der Waals surface area contributed by atoms with E-state index in [2.05, 4.69) is 36.3 Å². The summed E-state index contributed by atoms with van der Waals surface area (Å²) < 4.78 is 0. The van der Waals surface area contributed by atoms with Crippen molar-refractivity contribution in [3.63, 3.8) is 0 Å². The van der Waals surface area contributed by atoms with Crippen molar-refractivity contribution in [1.29, 1.82) is 0 Å². The highest BCUT2D eigenvalue weighted by molar-refractivity contribution is 6.10. The molecular weight excluding hydrogens is 392 g/mol. The maximum Gasteiger partial charge on any atom is 0.325 e. The number of hydrogen-bond acceptors (Lipinski definition) is 4. The van der Waals surface area contributed by atoms with Crippen molar-refractivity contribution in [2.45, 2.75) is 64.8 Å². The third kappa shape index (κ3) is 4.41. The van der Waals surface area contributed by atoms with Crippen molar-refractivity contribution in [1.82, 2.24) is 10.2 Å². The van der Waals surface area contributed by atoms with Gasteiger partial charge in [-0.15, -0.1) is 0 Å². The fourth-order valence-electron chi connectivity index (χ4n) is 5.21. The number of urea groups is 1. The topological polar surface area (TPSA) is 81.8 Å². The van der Waals surface area contributed by atoms with Crippen LogP contribution in [0, 0.1) is 11.3 Å². The Hall–Kier alpha value is -2.57. The van der Waals surface area contributed by atoms with E-state index in [4.69, 9.17) is 0 Å². The highest BCUT2D eigenvalue weighted by Gasteiger charge is 2.53. The molecule has 4 rings (SSSR count). The minimum atomic E-state index is -0.837. The number of carbonyl (C=O) groups excluding carboxylic acids is 3. The molecule has 3 aliphatic rings. The number of amides is 4. The lowest BCUT2D eigenvalue weighted by atomic mass is 9.67. The lowest BCUT2D eigenvalue weighted by Gasteiger charge is -2.40. The molecule has 1 aromatic rings. The fourth-order valence-corrected chi connectivity index (χ4v) is 5.21. The van der Waals surface area contributed by atoms with Crippen molar-refractivity contribution in [3.8, 4) is 0 Å². The van der Waals surface area contributed by atoms with E-state index >= 15 is 0 Å². The summed E-state index contributed by atoms with van der Waals surface area (Å²) in [6.07, 6.45) is 5.49. The van der Waals surface area contributed by atoms with Crippen LogP contribution in [0.25, 0.3) is 0 Å². The molecule has 1 spiro atoms. The molecule has 2 N–H and O–H groups in total.